The molecule has 144 valence electrons. The Morgan fingerprint density at radius 1 is 1.26 bits per heavy atom. The van der Waals surface area contributed by atoms with Gasteiger partial charge in [0.25, 0.3) is 0 Å². The van der Waals surface area contributed by atoms with E-state index in [1.165, 1.54) is 12.1 Å². The lowest BCUT2D eigenvalue weighted by atomic mass is 10.1. The third-order valence-electron chi connectivity index (χ3n) is 4.68. The van der Waals surface area contributed by atoms with Crippen LogP contribution in [0.3, 0.4) is 0 Å². The number of pyridine rings is 1. The number of hydrogen-bond donors (Lipinski definition) is 1. The highest BCUT2D eigenvalue weighted by Gasteiger charge is 2.25. The summed E-state index contributed by atoms with van der Waals surface area (Å²) >= 11 is 0. The average molecular weight is 372 g/mol. The summed E-state index contributed by atoms with van der Waals surface area (Å²) in [7, 11) is 0. The number of nitrogens with zero attached hydrogens (tertiary/aromatic N) is 3. The number of nitrogens with one attached hydrogen (secondary N) is 1. The first-order chi connectivity index (χ1) is 13.1. The number of halogens is 1. The highest BCUT2D eigenvalue weighted by Crippen LogP contribution is 2.23. The Hall–Kier alpha value is -2.67. The summed E-state index contributed by atoms with van der Waals surface area (Å²) in [5, 5.41) is 2.89. The van der Waals surface area contributed by atoms with Crippen molar-refractivity contribution in [2.24, 2.45) is 0 Å². The van der Waals surface area contributed by atoms with Crippen LogP contribution in [0, 0.1) is 5.82 Å². The molecule has 1 fully saturated rings. The second-order valence-corrected chi connectivity index (χ2v) is 6.36. The number of rotatable bonds is 5. The van der Waals surface area contributed by atoms with E-state index >= 15 is 0 Å². The topological polar surface area (TPSA) is 57.7 Å². The van der Waals surface area contributed by atoms with E-state index in [-0.39, 0.29) is 18.0 Å². The Labute approximate surface area is 158 Å². The molecule has 0 spiro atoms. The lowest BCUT2D eigenvalue weighted by molar-refractivity contribution is -0.0135. The number of amides is 2. The zero-order valence-electron chi connectivity index (χ0n) is 15.7. The van der Waals surface area contributed by atoms with E-state index in [0.717, 1.165) is 24.5 Å². The summed E-state index contributed by atoms with van der Waals surface area (Å²) < 4.78 is 18.8. The van der Waals surface area contributed by atoms with Gasteiger partial charge in [-0.2, -0.15) is 0 Å². The standard InChI is InChI=1S/C20H25FN4O2/c1-3-24(4-2)19-10-9-17(13-22-19)23-20(26)25-11-12-27-18(14-25)15-5-7-16(21)8-6-15/h5-10,13,18H,3-4,11-12,14H2,1-2H3,(H,23,26)/t18-/m0/s1. The number of carbonyl (C=O) groups excluding carboxylic acids is 1. The fraction of sp³-hybridized carbons (Fsp3) is 0.400. The first-order valence-electron chi connectivity index (χ1n) is 9.24. The second kappa shape index (κ2) is 8.81. The average Bonchev–Trinajstić information content (AvgIpc) is 2.71. The van der Waals surface area contributed by atoms with Gasteiger partial charge in [-0.3, -0.25) is 0 Å². The van der Waals surface area contributed by atoms with Crippen LogP contribution in [0.1, 0.15) is 25.5 Å². The Morgan fingerprint density at radius 3 is 2.63 bits per heavy atom. The predicted octanol–water partition coefficient (Wildman–Crippen LogP) is 3.67. The highest BCUT2D eigenvalue weighted by molar-refractivity contribution is 5.89. The largest absolute Gasteiger partial charge is 0.370 e. The Bertz CT molecular complexity index is 748. The summed E-state index contributed by atoms with van der Waals surface area (Å²) in [6.45, 7) is 7.29. The molecule has 1 aromatic heterocycles. The second-order valence-electron chi connectivity index (χ2n) is 6.36. The van der Waals surface area contributed by atoms with E-state index in [1.54, 1.807) is 23.2 Å². The Morgan fingerprint density at radius 2 is 2.00 bits per heavy atom. The van der Waals surface area contributed by atoms with Crippen LogP contribution >= 0.6 is 0 Å². The molecule has 0 aliphatic carbocycles. The summed E-state index contributed by atoms with van der Waals surface area (Å²) in [6, 6.07) is 9.76. The fourth-order valence-electron chi connectivity index (χ4n) is 3.11. The number of morpholine rings is 1. The van der Waals surface area contributed by atoms with Crippen LogP contribution in [0.5, 0.6) is 0 Å². The van der Waals surface area contributed by atoms with Crippen molar-refractivity contribution in [3.05, 3.63) is 54.0 Å². The first-order valence-corrected chi connectivity index (χ1v) is 9.24. The SMILES string of the molecule is CCN(CC)c1ccc(NC(=O)N2CCO[C@H](c3ccc(F)cc3)C2)cn1. The minimum Gasteiger partial charge on any atom is -0.370 e. The van der Waals surface area contributed by atoms with Crippen molar-refractivity contribution in [2.75, 3.05) is 43.0 Å². The maximum absolute atomic E-state index is 13.1. The van der Waals surface area contributed by atoms with E-state index in [0.29, 0.717) is 25.4 Å². The van der Waals surface area contributed by atoms with Gasteiger partial charge < -0.3 is 19.9 Å². The maximum Gasteiger partial charge on any atom is 0.322 e. The number of anilines is 2. The molecule has 0 radical (unpaired) electrons. The highest BCUT2D eigenvalue weighted by atomic mass is 19.1. The van der Waals surface area contributed by atoms with Gasteiger partial charge in [-0.25, -0.2) is 14.2 Å². The molecule has 2 amide bonds. The lowest BCUT2D eigenvalue weighted by Crippen LogP contribution is -2.44. The zero-order valence-corrected chi connectivity index (χ0v) is 15.7. The monoisotopic (exact) mass is 372 g/mol. The molecule has 1 atom stereocenters. The van der Waals surface area contributed by atoms with Gasteiger partial charge in [0.1, 0.15) is 17.7 Å². The molecule has 3 rings (SSSR count). The normalized spacial score (nSPS) is 16.9. The van der Waals surface area contributed by atoms with Crippen LogP contribution in [-0.4, -0.2) is 48.7 Å². The molecule has 1 N–H and O–H groups in total. The molecule has 0 bridgehead atoms. The summed E-state index contributed by atoms with van der Waals surface area (Å²) in [5.74, 6) is 0.602. The van der Waals surface area contributed by atoms with E-state index in [4.69, 9.17) is 4.74 Å². The van der Waals surface area contributed by atoms with Gasteiger partial charge >= 0.3 is 6.03 Å². The van der Waals surface area contributed by atoms with Crippen molar-refractivity contribution in [1.29, 1.82) is 0 Å². The Balaban J connectivity index is 1.61. The summed E-state index contributed by atoms with van der Waals surface area (Å²) in [4.78, 5) is 20.9. The molecule has 27 heavy (non-hydrogen) atoms. The van der Waals surface area contributed by atoms with Gasteiger partial charge in [0, 0.05) is 19.6 Å². The van der Waals surface area contributed by atoms with E-state index < -0.39 is 0 Å². The van der Waals surface area contributed by atoms with Gasteiger partial charge in [0.15, 0.2) is 0 Å². The number of carbonyl (C=O) groups is 1. The van der Waals surface area contributed by atoms with E-state index in [9.17, 15) is 9.18 Å². The zero-order chi connectivity index (χ0) is 19.2. The summed E-state index contributed by atoms with van der Waals surface area (Å²) in [6.07, 6.45) is 1.41. The van der Waals surface area contributed by atoms with Gasteiger partial charge in [-0.15, -0.1) is 0 Å². The third kappa shape index (κ3) is 4.74. The van der Waals surface area contributed by atoms with Gasteiger partial charge in [-0.05, 0) is 43.7 Å². The third-order valence-corrected chi connectivity index (χ3v) is 4.68. The van der Waals surface area contributed by atoms with Crippen molar-refractivity contribution in [2.45, 2.75) is 20.0 Å². The molecular weight excluding hydrogens is 347 g/mol. The molecule has 0 saturated carbocycles. The molecule has 1 aromatic carbocycles. The van der Waals surface area contributed by atoms with Crippen molar-refractivity contribution >= 4 is 17.5 Å². The molecule has 6 nitrogen and oxygen atoms in total. The number of aromatic nitrogens is 1. The van der Waals surface area contributed by atoms with Gasteiger partial charge in [0.2, 0.25) is 0 Å². The van der Waals surface area contributed by atoms with E-state index in [1.807, 2.05) is 12.1 Å². The van der Waals surface area contributed by atoms with Crippen molar-refractivity contribution < 1.29 is 13.9 Å². The van der Waals surface area contributed by atoms with Crippen molar-refractivity contribution in [3.63, 3.8) is 0 Å². The number of benzene rings is 1. The van der Waals surface area contributed by atoms with Crippen LogP contribution in [0.2, 0.25) is 0 Å². The number of urea groups is 1. The summed E-state index contributed by atoms with van der Waals surface area (Å²) in [5.41, 5.74) is 1.51. The quantitative estimate of drug-likeness (QED) is 0.870. The predicted molar refractivity (Wildman–Crippen MR) is 103 cm³/mol. The molecule has 2 heterocycles. The van der Waals surface area contributed by atoms with Crippen LogP contribution in [-0.2, 0) is 4.74 Å². The minimum atomic E-state index is -0.287. The first kappa shape index (κ1) is 19.1. The smallest absolute Gasteiger partial charge is 0.322 e. The molecule has 2 aromatic rings. The lowest BCUT2D eigenvalue weighted by Gasteiger charge is -2.33. The number of hydrogen-bond acceptors (Lipinski definition) is 4. The minimum absolute atomic E-state index is 0.192. The molecule has 1 saturated heterocycles. The van der Waals surface area contributed by atoms with Crippen LogP contribution in [0.15, 0.2) is 42.6 Å². The maximum atomic E-state index is 13.1. The van der Waals surface area contributed by atoms with Gasteiger partial charge in [-0.1, -0.05) is 12.1 Å². The number of ether oxygens (including phenoxy) is 1. The molecule has 1 aliphatic heterocycles. The van der Waals surface area contributed by atoms with E-state index in [2.05, 4.69) is 29.0 Å². The van der Waals surface area contributed by atoms with Crippen molar-refractivity contribution in [1.82, 2.24) is 9.88 Å². The van der Waals surface area contributed by atoms with Gasteiger partial charge in [0.05, 0.1) is 25.0 Å². The molecular formula is C20H25FN4O2. The Kier molecular flexibility index (Phi) is 6.24. The van der Waals surface area contributed by atoms with Crippen LogP contribution in [0.25, 0.3) is 0 Å². The molecule has 0 unspecified atom stereocenters. The van der Waals surface area contributed by atoms with Crippen LogP contribution < -0.4 is 10.2 Å². The van der Waals surface area contributed by atoms with Crippen molar-refractivity contribution in [3.8, 4) is 0 Å². The molecule has 7 heteroatoms. The van der Waals surface area contributed by atoms with Crippen LogP contribution in [0.4, 0.5) is 20.7 Å². The fourth-order valence-corrected chi connectivity index (χ4v) is 3.11. The molecule has 1 aliphatic rings.